The minimum Gasteiger partial charge on any atom is -0.471 e. The van der Waals surface area contributed by atoms with Crippen molar-refractivity contribution in [2.24, 2.45) is 11.3 Å². The molecule has 2 fully saturated rings. The van der Waals surface area contributed by atoms with Gasteiger partial charge in [-0.15, -0.1) is 0 Å². The fourth-order valence-electron chi connectivity index (χ4n) is 2.75. The van der Waals surface area contributed by atoms with E-state index < -0.39 is 5.92 Å². The van der Waals surface area contributed by atoms with Gasteiger partial charge >= 0.3 is 0 Å². The molecule has 0 amide bonds. The van der Waals surface area contributed by atoms with Gasteiger partial charge in [0.05, 0.1) is 7.11 Å². The molecular formula is C10H16F2O2. The van der Waals surface area contributed by atoms with E-state index in [0.717, 1.165) is 12.8 Å². The molecule has 4 heteroatoms. The van der Waals surface area contributed by atoms with Crippen LogP contribution in [0, 0.1) is 11.3 Å². The second kappa shape index (κ2) is 3.83. The number of ether oxygens (including phenoxy) is 1. The molecule has 0 aromatic heterocycles. The van der Waals surface area contributed by atoms with E-state index in [1.807, 2.05) is 0 Å². The van der Waals surface area contributed by atoms with Crippen LogP contribution in [0.15, 0.2) is 0 Å². The Balaban J connectivity index is 0.000000213. The lowest BCUT2D eigenvalue weighted by atomic mass is 9.51. The Hall–Kier alpha value is -0.670. The molecule has 2 rings (SSSR count). The molecule has 0 aromatic carbocycles. The minimum absolute atomic E-state index is 0.100. The third kappa shape index (κ3) is 2.42. The highest BCUT2D eigenvalue weighted by molar-refractivity contribution is 5.36. The summed E-state index contributed by atoms with van der Waals surface area (Å²) in [6.07, 6.45) is 2.43. The maximum absolute atomic E-state index is 12.4. The van der Waals surface area contributed by atoms with E-state index in [-0.39, 0.29) is 18.3 Å². The maximum atomic E-state index is 12.4. The van der Waals surface area contributed by atoms with Crippen molar-refractivity contribution >= 4 is 6.47 Å². The van der Waals surface area contributed by atoms with Crippen LogP contribution in [0.2, 0.25) is 0 Å². The van der Waals surface area contributed by atoms with Crippen LogP contribution in [-0.2, 0) is 9.53 Å². The van der Waals surface area contributed by atoms with Gasteiger partial charge in [0.15, 0.2) is 0 Å². The van der Waals surface area contributed by atoms with Crippen LogP contribution in [0.1, 0.15) is 32.6 Å². The fraction of sp³-hybridized carbons (Fsp3) is 0.900. The van der Waals surface area contributed by atoms with Gasteiger partial charge in [-0.25, -0.2) is 8.78 Å². The van der Waals surface area contributed by atoms with Gasteiger partial charge in [-0.1, -0.05) is 6.92 Å². The summed E-state index contributed by atoms with van der Waals surface area (Å²) in [7, 11) is 1.31. The molecule has 0 saturated heterocycles. The largest absolute Gasteiger partial charge is 0.471 e. The lowest BCUT2D eigenvalue weighted by molar-refractivity contribution is -0.204. The predicted molar refractivity (Wildman–Crippen MR) is 48.1 cm³/mol. The molecule has 14 heavy (non-hydrogen) atoms. The van der Waals surface area contributed by atoms with E-state index in [0.29, 0.717) is 12.4 Å². The topological polar surface area (TPSA) is 26.3 Å². The number of carbonyl (C=O) groups is 1. The first-order chi connectivity index (χ1) is 6.43. The second-order valence-corrected chi connectivity index (χ2v) is 4.55. The Bertz CT molecular complexity index is 200. The number of hydrogen-bond donors (Lipinski definition) is 0. The van der Waals surface area contributed by atoms with Crippen LogP contribution in [0.4, 0.5) is 8.78 Å². The van der Waals surface area contributed by atoms with E-state index >= 15 is 0 Å². The first-order valence-electron chi connectivity index (χ1n) is 4.77. The monoisotopic (exact) mass is 206 g/mol. The van der Waals surface area contributed by atoms with E-state index in [1.165, 1.54) is 7.11 Å². The van der Waals surface area contributed by atoms with Crippen molar-refractivity contribution in [2.75, 3.05) is 7.11 Å². The van der Waals surface area contributed by atoms with Crippen LogP contribution in [0.3, 0.4) is 0 Å². The molecule has 0 unspecified atom stereocenters. The summed E-state index contributed by atoms with van der Waals surface area (Å²) in [5.41, 5.74) is 0.100. The molecule has 82 valence electrons. The molecule has 0 aromatic rings. The predicted octanol–water partition coefficient (Wildman–Crippen LogP) is 2.62. The van der Waals surface area contributed by atoms with Gasteiger partial charge in [0.1, 0.15) is 0 Å². The standard InChI is InChI=1S/C8H12F2.C2H4O2/c1-6-2-7(3-6)4-8(9,10)5-7;1-4-2-3/h6H,2-5H2,1H3;2H,1H3. The fourth-order valence-corrected chi connectivity index (χ4v) is 2.75. The molecule has 2 aliphatic carbocycles. The molecule has 0 atom stereocenters. The number of methoxy groups -OCH3 is 1. The molecule has 1 spiro atoms. The molecule has 0 bridgehead atoms. The molecular weight excluding hydrogens is 190 g/mol. The van der Waals surface area contributed by atoms with Crippen LogP contribution < -0.4 is 0 Å². The zero-order valence-corrected chi connectivity index (χ0v) is 8.56. The van der Waals surface area contributed by atoms with Gasteiger partial charge < -0.3 is 4.74 Å². The van der Waals surface area contributed by atoms with E-state index in [1.54, 1.807) is 0 Å². The Morgan fingerprint density at radius 3 is 2.00 bits per heavy atom. The quantitative estimate of drug-likeness (QED) is 0.616. The Labute approximate surface area is 82.6 Å². The number of rotatable bonds is 1. The van der Waals surface area contributed by atoms with E-state index in [2.05, 4.69) is 11.7 Å². The molecule has 2 saturated carbocycles. The van der Waals surface area contributed by atoms with Crippen molar-refractivity contribution in [1.82, 2.24) is 0 Å². The van der Waals surface area contributed by atoms with E-state index in [9.17, 15) is 8.78 Å². The van der Waals surface area contributed by atoms with Crippen molar-refractivity contribution in [3.63, 3.8) is 0 Å². The van der Waals surface area contributed by atoms with Gasteiger partial charge in [0.25, 0.3) is 6.47 Å². The third-order valence-corrected chi connectivity index (χ3v) is 2.93. The summed E-state index contributed by atoms with van der Waals surface area (Å²) in [4.78, 5) is 8.95. The van der Waals surface area contributed by atoms with Crippen LogP contribution >= 0.6 is 0 Å². The lowest BCUT2D eigenvalue weighted by Gasteiger charge is -2.56. The molecule has 0 heterocycles. The maximum Gasteiger partial charge on any atom is 0.292 e. The lowest BCUT2D eigenvalue weighted by Crippen LogP contribution is -2.52. The highest BCUT2D eigenvalue weighted by Gasteiger charge is 2.60. The SMILES string of the molecule is CC1CC2(C1)CC(F)(F)C2.COC=O. The van der Waals surface area contributed by atoms with Crippen molar-refractivity contribution in [3.8, 4) is 0 Å². The van der Waals surface area contributed by atoms with Gasteiger partial charge in [0, 0.05) is 12.8 Å². The van der Waals surface area contributed by atoms with Gasteiger partial charge in [-0.05, 0) is 24.2 Å². The number of carbonyl (C=O) groups excluding carboxylic acids is 1. The normalized spacial score (nSPS) is 26.6. The van der Waals surface area contributed by atoms with Crippen molar-refractivity contribution < 1.29 is 18.3 Å². The third-order valence-electron chi connectivity index (χ3n) is 2.93. The summed E-state index contributed by atoms with van der Waals surface area (Å²) < 4.78 is 28.6. The Morgan fingerprint density at radius 2 is 1.79 bits per heavy atom. The van der Waals surface area contributed by atoms with Crippen LogP contribution in [0.5, 0.6) is 0 Å². The summed E-state index contributed by atoms with van der Waals surface area (Å²) in [6, 6.07) is 0. The average Bonchev–Trinajstić information content (AvgIpc) is 1.99. The van der Waals surface area contributed by atoms with Crippen LogP contribution in [-0.4, -0.2) is 19.5 Å². The van der Waals surface area contributed by atoms with Gasteiger partial charge in [0.2, 0.25) is 5.92 Å². The second-order valence-electron chi connectivity index (χ2n) is 4.55. The first kappa shape index (κ1) is 11.4. The molecule has 0 radical (unpaired) electrons. The molecule has 0 N–H and O–H groups in total. The van der Waals surface area contributed by atoms with Crippen LogP contribution in [0.25, 0.3) is 0 Å². The number of hydrogen-bond acceptors (Lipinski definition) is 2. The Morgan fingerprint density at radius 1 is 1.36 bits per heavy atom. The number of halogens is 2. The zero-order valence-electron chi connectivity index (χ0n) is 8.56. The molecule has 2 aliphatic rings. The van der Waals surface area contributed by atoms with E-state index in [4.69, 9.17) is 4.79 Å². The molecule has 2 nitrogen and oxygen atoms in total. The summed E-state index contributed by atoms with van der Waals surface area (Å²) >= 11 is 0. The smallest absolute Gasteiger partial charge is 0.292 e. The zero-order chi connectivity index (χ0) is 10.8. The van der Waals surface area contributed by atoms with Gasteiger partial charge in [-0.3, -0.25) is 4.79 Å². The summed E-state index contributed by atoms with van der Waals surface area (Å²) in [5, 5.41) is 0. The van der Waals surface area contributed by atoms with Gasteiger partial charge in [-0.2, -0.15) is 0 Å². The molecule has 0 aliphatic heterocycles. The van der Waals surface area contributed by atoms with Crippen molar-refractivity contribution in [2.45, 2.75) is 38.5 Å². The highest BCUT2D eigenvalue weighted by atomic mass is 19.3. The first-order valence-corrected chi connectivity index (χ1v) is 4.77. The summed E-state index contributed by atoms with van der Waals surface area (Å²) in [6.45, 7) is 2.52. The average molecular weight is 206 g/mol. The van der Waals surface area contributed by atoms with Crippen molar-refractivity contribution in [1.29, 1.82) is 0 Å². The minimum atomic E-state index is -2.31. The number of alkyl halides is 2. The Kier molecular flexibility index (Phi) is 3.12. The highest BCUT2D eigenvalue weighted by Crippen LogP contribution is 2.64. The van der Waals surface area contributed by atoms with Crippen molar-refractivity contribution in [3.05, 3.63) is 0 Å². The summed E-state index contributed by atoms with van der Waals surface area (Å²) in [5.74, 6) is -1.60.